The molecule has 5 nitrogen and oxygen atoms in total. The zero-order valence-corrected chi connectivity index (χ0v) is 17.3. The number of amides is 1. The van der Waals surface area contributed by atoms with Gasteiger partial charge in [-0.1, -0.05) is 35.9 Å². The van der Waals surface area contributed by atoms with E-state index in [-0.39, 0.29) is 18.9 Å². The Labute approximate surface area is 171 Å². The average Bonchev–Trinajstić information content (AvgIpc) is 2.70. The molecule has 0 aliphatic heterocycles. The number of carbonyl (C=O) groups is 1. The fraction of sp³-hybridized carbons (Fsp3) is 0.381. The molecule has 7 heteroatoms. The molecule has 0 aromatic heterocycles. The van der Waals surface area contributed by atoms with Crippen molar-refractivity contribution >= 4 is 27.5 Å². The zero-order chi connectivity index (χ0) is 20.0. The monoisotopic (exact) mass is 420 g/mol. The molecule has 0 bridgehead atoms. The first-order chi connectivity index (χ1) is 13.5. The van der Waals surface area contributed by atoms with Crippen LogP contribution in [0.3, 0.4) is 0 Å². The Kier molecular flexibility index (Phi) is 7.10. The second-order valence-corrected chi connectivity index (χ2v) is 9.18. The molecule has 0 heterocycles. The Bertz CT molecular complexity index is 944. The number of fused-ring (bicyclic) bond motifs is 1. The van der Waals surface area contributed by atoms with Crippen LogP contribution in [0.2, 0.25) is 5.02 Å². The summed E-state index contributed by atoms with van der Waals surface area (Å²) in [5, 5.41) is 3.41. The van der Waals surface area contributed by atoms with E-state index in [0.717, 1.165) is 36.8 Å². The highest BCUT2D eigenvalue weighted by Gasteiger charge is 2.17. The number of carbonyl (C=O) groups excluding carboxylic acids is 1. The van der Waals surface area contributed by atoms with Gasteiger partial charge in [0, 0.05) is 24.5 Å². The van der Waals surface area contributed by atoms with Crippen LogP contribution in [0.15, 0.2) is 47.4 Å². The Hall–Kier alpha value is -1.89. The van der Waals surface area contributed by atoms with Gasteiger partial charge in [-0.2, -0.15) is 0 Å². The minimum atomic E-state index is -3.55. The molecule has 0 saturated heterocycles. The summed E-state index contributed by atoms with van der Waals surface area (Å²) in [7, 11) is -3.55. The lowest BCUT2D eigenvalue weighted by Gasteiger charge is -2.16. The van der Waals surface area contributed by atoms with Crippen molar-refractivity contribution in [1.82, 2.24) is 10.0 Å². The third-order valence-corrected chi connectivity index (χ3v) is 6.76. The van der Waals surface area contributed by atoms with Crippen LogP contribution < -0.4 is 10.0 Å². The van der Waals surface area contributed by atoms with Crippen molar-refractivity contribution in [3.63, 3.8) is 0 Å². The SMILES string of the molecule is O=C(CCCNS(=O)(=O)c1ccc2c(c1)CCCC2)NCc1ccccc1Cl. The molecule has 0 unspecified atom stereocenters. The summed E-state index contributed by atoms with van der Waals surface area (Å²) in [6.07, 6.45) is 4.90. The molecule has 150 valence electrons. The third-order valence-electron chi connectivity index (χ3n) is 4.94. The first kappa shape index (κ1) is 20.8. The van der Waals surface area contributed by atoms with Crippen molar-refractivity contribution in [1.29, 1.82) is 0 Å². The smallest absolute Gasteiger partial charge is 0.240 e. The summed E-state index contributed by atoms with van der Waals surface area (Å²) in [6, 6.07) is 12.7. The van der Waals surface area contributed by atoms with E-state index in [1.807, 2.05) is 24.3 Å². The maximum atomic E-state index is 12.5. The molecule has 0 fully saturated rings. The molecule has 2 N–H and O–H groups in total. The van der Waals surface area contributed by atoms with Gasteiger partial charge in [-0.3, -0.25) is 4.79 Å². The highest BCUT2D eigenvalue weighted by Crippen LogP contribution is 2.24. The molecule has 1 amide bonds. The van der Waals surface area contributed by atoms with Gasteiger partial charge in [0.05, 0.1) is 4.90 Å². The minimum absolute atomic E-state index is 0.132. The van der Waals surface area contributed by atoms with E-state index < -0.39 is 10.0 Å². The van der Waals surface area contributed by atoms with Gasteiger partial charge in [-0.25, -0.2) is 13.1 Å². The molecule has 2 aromatic carbocycles. The van der Waals surface area contributed by atoms with E-state index >= 15 is 0 Å². The molecule has 28 heavy (non-hydrogen) atoms. The van der Waals surface area contributed by atoms with E-state index in [1.54, 1.807) is 18.2 Å². The summed E-state index contributed by atoms with van der Waals surface area (Å²) in [5.41, 5.74) is 3.24. The summed E-state index contributed by atoms with van der Waals surface area (Å²) < 4.78 is 27.6. The van der Waals surface area contributed by atoms with Crippen molar-refractivity contribution in [3.8, 4) is 0 Å². The number of hydrogen-bond donors (Lipinski definition) is 2. The van der Waals surface area contributed by atoms with Crippen LogP contribution in [0, 0.1) is 0 Å². The first-order valence-electron chi connectivity index (χ1n) is 9.57. The van der Waals surface area contributed by atoms with Gasteiger partial charge in [0.2, 0.25) is 15.9 Å². The molecular formula is C21H25ClN2O3S. The lowest BCUT2D eigenvalue weighted by atomic mass is 9.92. The summed E-state index contributed by atoms with van der Waals surface area (Å²) in [4.78, 5) is 12.3. The number of hydrogen-bond acceptors (Lipinski definition) is 3. The zero-order valence-electron chi connectivity index (χ0n) is 15.7. The molecule has 0 atom stereocenters. The third kappa shape index (κ3) is 5.56. The van der Waals surface area contributed by atoms with Crippen LogP contribution in [0.5, 0.6) is 0 Å². The van der Waals surface area contributed by atoms with E-state index in [2.05, 4.69) is 10.0 Å². The van der Waals surface area contributed by atoms with Gasteiger partial charge in [0.1, 0.15) is 0 Å². The topological polar surface area (TPSA) is 75.3 Å². The van der Waals surface area contributed by atoms with Gasteiger partial charge >= 0.3 is 0 Å². The highest BCUT2D eigenvalue weighted by molar-refractivity contribution is 7.89. The number of halogens is 1. The van der Waals surface area contributed by atoms with Gasteiger partial charge in [-0.15, -0.1) is 0 Å². The maximum Gasteiger partial charge on any atom is 0.240 e. The fourth-order valence-electron chi connectivity index (χ4n) is 3.34. The van der Waals surface area contributed by atoms with Gasteiger partial charge in [-0.05, 0) is 67.0 Å². The predicted octanol–water partition coefficient (Wildman–Crippen LogP) is 3.59. The Morgan fingerprint density at radius 3 is 2.57 bits per heavy atom. The Morgan fingerprint density at radius 1 is 1.04 bits per heavy atom. The van der Waals surface area contributed by atoms with Crippen molar-refractivity contribution in [2.45, 2.75) is 50.0 Å². The normalized spacial score (nSPS) is 13.8. The predicted molar refractivity (Wildman–Crippen MR) is 111 cm³/mol. The van der Waals surface area contributed by atoms with Crippen molar-refractivity contribution in [2.75, 3.05) is 6.54 Å². The summed E-state index contributed by atoms with van der Waals surface area (Å²) >= 11 is 6.06. The lowest BCUT2D eigenvalue weighted by molar-refractivity contribution is -0.121. The van der Waals surface area contributed by atoms with E-state index in [1.165, 1.54) is 5.56 Å². The molecule has 3 rings (SSSR count). The quantitative estimate of drug-likeness (QED) is 0.641. The van der Waals surface area contributed by atoms with E-state index in [0.29, 0.717) is 22.9 Å². The minimum Gasteiger partial charge on any atom is -0.352 e. The molecular weight excluding hydrogens is 396 g/mol. The van der Waals surface area contributed by atoms with Gasteiger partial charge in [0.25, 0.3) is 0 Å². The Balaban J connectivity index is 1.44. The van der Waals surface area contributed by atoms with Crippen LogP contribution in [-0.4, -0.2) is 20.9 Å². The molecule has 1 aliphatic rings. The van der Waals surface area contributed by atoms with Gasteiger partial charge in [0.15, 0.2) is 0 Å². The molecule has 1 aliphatic carbocycles. The summed E-state index contributed by atoms with van der Waals surface area (Å²) in [5.74, 6) is -0.132. The van der Waals surface area contributed by atoms with Crippen LogP contribution in [0.1, 0.15) is 42.4 Å². The maximum absolute atomic E-state index is 12.5. The Morgan fingerprint density at radius 2 is 1.79 bits per heavy atom. The van der Waals surface area contributed by atoms with Crippen molar-refractivity contribution in [3.05, 3.63) is 64.2 Å². The van der Waals surface area contributed by atoms with E-state index in [9.17, 15) is 13.2 Å². The molecule has 2 aromatic rings. The average molecular weight is 421 g/mol. The highest BCUT2D eigenvalue weighted by atomic mass is 35.5. The lowest BCUT2D eigenvalue weighted by Crippen LogP contribution is -2.27. The number of nitrogens with one attached hydrogen (secondary N) is 2. The summed E-state index contributed by atoms with van der Waals surface area (Å²) in [6.45, 7) is 0.582. The fourth-order valence-corrected chi connectivity index (χ4v) is 4.67. The largest absolute Gasteiger partial charge is 0.352 e. The van der Waals surface area contributed by atoms with Crippen LogP contribution in [-0.2, 0) is 34.2 Å². The van der Waals surface area contributed by atoms with E-state index in [4.69, 9.17) is 11.6 Å². The van der Waals surface area contributed by atoms with Gasteiger partial charge < -0.3 is 5.32 Å². The second-order valence-electron chi connectivity index (χ2n) is 7.01. The van der Waals surface area contributed by atoms with Crippen LogP contribution in [0.4, 0.5) is 0 Å². The van der Waals surface area contributed by atoms with Crippen molar-refractivity contribution < 1.29 is 13.2 Å². The van der Waals surface area contributed by atoms with Crippen molar-refractivity contribution in [2.24, 2.45) is 0 Å². The number of aryl methyl sites for hydroxylation is 2. The number of benzene rings is 2. The standard InChI is InChI=1S/C21H25ClN2O3S/c22-20-9-4-3-8-18(20)15-23-21(25)10-5-13-24-28(26,27)19-12-11-16-6-1-2-7-17(16)14-19/h3-4,8-9,11-12,14,24H,1-2,5-7,10,13,15H2,(H,23,25). The van der Waals surface area contributed by atoms with Crippen LogP contribution >= 0.6 is 11.6 Å². The second kappa shape index (κ2) is 9.54. The number of sulfonamides is 1. The molecule has 0 saturated carbocycles. The molecule has 0 radical (unpaired) electrons. The number of rotatable bonds is 8. The first-order valence-corrected chi connectivity index (χ1v) is 11.4. The molecule has 0 spiro atoms. The van der Waals surface area contributed by atoms with Crippen LogP contribution in [0.25, 0.3) is 0 Å².